The van der Waals surface area contributed by atoms with Crippen LogP contribution in [0.15, 0.2) is 36.7 Å². The predicted molar refractivity (Wildman–Crippen MR) is 103 cm³/mol. The summed E-state index contributed by atoms with van der Waals surface area (Å²) in [5.74, 6) is 0.917. The van der Waals surface area contributed by atoms with E-state index < -0.39 is 0 Å². The van der Waals surface area contributed by atoms with Gasteiger partial charge in [0.2, 0.25) is 5.91 Å². The van der Waals surface area contributed by atoms with E-state index in [-0.39, 0.29) is 18.4 Å². The molecule has 1 amide bonds. The van der Waals surface area contributed by atoms with Gasteiger partial charge in [0.25, 0.3) is 0 Å². The topological polar surface area (TPSA) is 92.9 Å². The quantitative estimate of drug-likeness (QED) is 0.742. The Morgan fingerprint density at radius 2 is 2.04 bits per heavy atom. The monoisotopic (exact) mass is 365 g/mol. The fraction of sp³-hybridized carbons (Fsp3) is 0.400. The summed E-state index contributed by atoms with van der Waals surface area (Å²) in [4.78, 5) is 16.9. The van der Waals surface area contributed by atoms with Crippen LogP contribution in [0.5, 0.6) is 0 Å². The Labute approximate surface area is 157 Å². The molecule has 2 N–H and O–H groups in total. The molecule has 7 heteroatoms. The van der Waals surface area contributed by atoms with Gasteiger partial charge in [-0.05, 0) is 49.1 Å². The third-order valence-electron chi connectivity index (χ3n) is 5.35. The third-order valence-corrected chi connectivity index (χ3v) is 5.35. The van der Waals surface area contributed by atoms with Crippen LogP contribution in [0.25, 0.3) is 22.0 Å². The maximum Gasteiger partial charge on any atom is 0.228 e. The number of aromatic nitrogens is 4. The second kappa shape index (κ2) is 7.44. The van der Waals surface area contributed by atoms with Crippen LogP contribution in [0.4, 0.5) is 5.82 Å². The van der Waals surface area contributed by atoms with E-state index in [0.29, 0.717) is 11.7 Å². The third kappa shape index (κ3) is 3.83. The Kier molecular flexibility index (Phi) is 4.85. The smallest absolute Gasteiger partial charge is 0.228 e. The number of aliphatic hydroxyl groups is 1. The van der Waals surface area contributed by atoms with Crippen LogP contribution in [0, 0.1) is 11.8 Å². The Balaban J connectivity index is 1.51. The van der Waals surface area contributed by atoms with E-state index in [9.17, 15) is 9.90 Å². The number of fused-ring (bicyclic) bond motifs is 1. The van der Waals surface area contributed by atoms with Crippen molar-refractivity contribution >= 4 is 22.5 Å². The lowest BCUT2D eigenvalue weighted by atomic mass is 9.82. The van der Waals surface area contributed by atoms with E-state index in [1.54, 1.807) is 10.9 Å². The largest absolute Gasteiger partial charge is 0.396 e. The number of nitrogens with zero attached hydrogens (tertiary/aromatic N) is 4. The minimum atomic E-state index is -0.00350. The van der Waals surface area contributed by atoms with Gasteiger partial charge in [0.1, 0.15) is 11.5 Å². The molecular weight excluding hydrogens is 342 g/mol. The van der Waals surface area contributed by atoms with Crippen molar-refractivity contribution in [3.05, 3.63) is 36.7 Å². The molecule has 0 saturated heterocycles. The number of hydrogen-bond donors (Lipinski definition) is 2. The van der Waals surface area contributed by atoms with E-state index >= 15 is 0 Å². The summed E-state index contributed by atoms with van der Waals surface area (Å²) >= 11 is 0. The molecule has 0 atom stereocenters. The average molecular weight is 365 g/mol. The van der Waals surface area contributed by atoms with E-state index in [1.165, 1.54) is 0 Å². The number of anilines is 1. The number of amides is 1. The standard InChI is InChI=1S/C20H23N5O2/c1-25-11-18(23-24-25)15-6-7-16-10-21-19(9-17(16)8-15)22-20(27)14-4-2-13(12-26)3-5-14/h6-11,13-14,26H,2-5,12H2,1H3,(H,21,22,27)/t13-,14-. The van der Waals surface area contributed by atoms with Crippen molar-refractivity contribution in [2.45, 2.75) is 25.7 Å². The highest BCUT2D eigenvalue weighted by atomic mass is 16.3. The number of nitrogens with one attached hydrogen (secondary N) is 1. The highest BCUT2D eigenvalue weighted by Crippen LogP contribution is 2.30. The molecule has 27 heavy (non-hydrogen) atoms. The first-order valence-electron chi connectivity index (χ1n) is 9.30. The number of aliphatic hydroxyl groups excluding tert-OH is 1. The molecular formula is C20H23N5O2. The summed E-state index contributed by atoms with van der Waals surface area (Å²) < 4.78 is 1.67. The van der Waals surface area contributed by atoms with E-state index in [2.05, 4.69) is 20.6 Å². The molecule has 1 aromatic carbocycles. The first-order chi connectivity index (χ1) is 13.1. The molecule has 2 aromatic heterocycles. The molecule has 3 aromatic rings. The number of carbonyl (C=O) groups is 1. The molecule has 1 aliphatic rings. The summed E-state index contributed by atoms with van der Waals surface area (Å²) in [6, 6.07) is 7.91. The normalized spacial score (nSPS) is 19.9. The van der Waals surface area contributed by atoms with Crippen molar-refractivity contribution in [1.82, 2.24) is 20.0 Å². The van der Waals surface area contributed by atoms with Gasteiger partial charge in [0, 0.05) is 36.7 Å². The lowest BCUT2D eigenvalue weighted by molar-refractivity contribution is -0.121. The van der Waals surface area contributed by atoms with Gasteiger partial charge in [-0.3, -0.25) is 9.48 Å². The van der Waals surface area contributed by atoms with Crippen molar-refractivity contribution in [2.75, 3.05) is 11.9 Å². The molecule has 0 unspecified atom stereocenters. The van der Waals surface area contributed by atoms with Gasteiger partial charge in [-0.1, -0.05) is 17.3 Å². The highest BCUT2D eigenvalue weighted by Gasteiger charge is 2.26. The maximum atomic E-state index is 12.6. The minimum Gasteiger partial charge on any atom is -0.396 e. The van der Waals surface area contributed by atoms with Gasteiger partial charge in [-0.25, -0.2) is 4.98 Å². The number of hydrogen-bond acceptors (Lipinski definition) is 5. The molecule has 4 rings (SSSR count). The fourth-order valence-corrected chi connectivity index (χ4v) is 3.68. The van der Waals surface area contributed by atoms with E-state index in [0.717, 1.165) is 47.7 Å². The Hall–Kier alpha value is -2.80. The van der Waals surface area contributed by atoms with Gasteiger partial charge < -0.3 is 10.4 Å². The molecule has 0 spiro atoms. The Bertz CT molecular complexity index is 960. The average Bonchev–Trinajstić information content (AvgIpc) is 3.14. The molecule has 140 valence electrons. The van der Waals surface area contributed by atoms with Crippen LogP contribution in [-0.4, -0.2) is 37.6 Å². The second-order valence-electron chi connectivity index (χ2n) is 7.30. The highest BCUT2D eigenvalue weighted by molar-refractivity contribution is 5.95. The molecule has 7 nitrogen and oxygen atoms in total. The van der Waals surface area contributed by atoms with Crippen LogP contribution in [0.1, 0.15) is 25.7 Å². The van der Waals surface area contributed by atoms with Crippen LogP contribution >= 0.6 is 0 Å². The maximum absolute atomic E-state index is 12.6. The Morgan fingerprint density at radius 3 is 2.74 bits per heavy atom. The lowest BCUT2D eigenvalue weighted by Gasteiger charge is -2.26. The van der Waals surface area contributed by atoms with Crippen molar-refractivity contribution < 1.29 is 9.90 Å². The number of rotatable bonds is 4. The summed E-state index contributed by atoms with van der Waals surface area (Å²) in [6.45, 7) is 0.217. The molecule has 1 aliphatic carbocycles. The molecule has 2 heterocycles. The van der Waals surface area contributed by atoms with Crippen molar-refractivity contribution in [3.63, 3.8) is 0 Å². The summed E-state index contributed by atoms with van der Waals surface area (Å²) in [7, 11) is 1.84. The van der Waals surface area contributed by atoms with Crippen molar-refractivity contribution in [1.29, 1.82) is 0 Å². The fourth-order valence-electron chi connectivity index (χ4n) is 3.68. The minimum absolute atomic E-state index is 0.00350. The van der Waals surface area contributed by atoms with Crippen LogP contribution in [0.3, 0.4) is 0 Å². The molecule has 0 bridgehead atoms. The van der Waals surface area contributed by atoms with Gasteiger partial charge in [0.15, 0.2) is 0 Å². The number of benzene rings is 1. The van der Waals surface area contributed by atoms with E-state index in [1.807, 2.05) is 37.5 Å². The second-order valence-corrected chi connectivity index (χ2v) is 7.30. The zero-order valence-electron chi connectivity index (χ0n) is 15.3. The van der Waals surface area contributed by atoms with Gasteiger partial charge in [-0.15, -0.1) is 5.10 Å². The predicted octanol–water partition coefficient (Wildman–Crippen LogP) is 2.77. The summed E-state index contributed by atoms with van der Waals surface area (Å²) in [5, 5.41) is 22.3. The summed E-state index contributed by atoms with van der Waals surface area (Å²) in [6.07, 6.45) is 7.09. The number of aryl methyl sites for hydroxylation is 1. The first-order valence-corrected chi connectivity index (χ1v) is 9.30. The number of pyridine rings is 1. The van der Waals surface area contributed by atoms with Gasteiger partial charge in [0.05, 0.1) is 6.20 Å². The lowest BCUT2D eigenvalue weighted by Crippen LogP contribution is -2.28. The van der Waals surface area contributed by atoms with Crippen molar-refractivity contribution in [3.8, 4) is 11.3 Å². The summed E-state index contributed by atoms with van der Waals surface area (Å²) in [5.41, 5.74) is 1.78. The Morgan fingerprint density at radius 1 is 1.22 bits per heavy atom. The van der Waals surface area contributed by atoms with Gasteiger partial charge in [-0.2, -0.15) is 0 Å². The molecule has 0 aliphatic heterocycles. The van der Waals surface area contributed by atoms with Crippen LogP contribution < -0.4 is 5.32 Å². The SMILES string of the molecule is Cn1cc(-c2ccc3cnc(NC(=O)[C@H]4CC[C@H](CO)CC4)cc3c2)nn1. The zero-order chi connectivity index (χ0) is 18.8. The zero-order valence-corrected chi connectivity index (χ0v) is 15.3. The van der Waals surface area contributed by atoms with Crippen molar-refractivity contribution in [2.24, 2.45) is 18.9 Å². The van der Waals surface area contributed by atoms with Crippen LogP contribution in [-0.2, 0) is 11.8 Å². The number of carbonyl (C=O) groups excluding carboxylic acids is 1. The molecule has 1 fully saturated rings. The first kappa shape index (κ1) is 17.6. The van der Waals surface area contributed by atoms with Gasteiger partial charge >= 0.3 is 0 Å². The van der Waals surface area contributed by atoms with Crippen LogP contribution in [0.2, 0.25) is 0 Å². The van der Waals surface area contributed by atoms with E-state index in [4.69, 9.17) is 0 Å². The molecule has 0 radical (unpaired) electrons. The molecule has 1 saturated carbocycles.